The van der Waals surface area contributed by atoms with E-state index >= 15 is 0 Å². The van der Waals surface area contributed by atoms with E-state index in [1.165, 1.54) is 12.8 Å². The predicted octanol–water partition coefficient (Wildman–Crippen LogP) is 3.18. The molecule has 1 N–H and O–H groups in total. The minimum Gasteiger partial charge on any atom is -0.339 e. The Morgan fingerprint density at radius 3 is 2.12 bits per heavy atom. The van der Waals surface area contributed by atoms with E-state index in [1.807, 2.05) is 4.90 Å². The van der Waals surface area contributed by atoms with Gasteiger partial charge in [-0.15, -0.1) is 0 Å². The third-order valence-electron chi connectivity index (χ3n) is 4.61. The summed E-state index contributed by atoms with van der Waals surface area (Å²) in [7, 11) is -3.53. The van der Waals surface area contributed by atoms with Gasteiger partial charge in [0.25, 0.3) is 5.91 Å². The molecule has 0 atom stereocenters. The topological polar surface area (TPSA) is 66.5 Å². The zero-order valence-electron chi connectivity index (χ0n) is 14.7. The van der Waals surface area contributed by atoms with Gasteiger partial charge in [0.1, 0.15) is 0 Å². The lowest BCUT2D eigenvalue weighted by Gasteiger charge is -2.20. The first-order chi connectivity index (χ1) is 12.6. The highest BCUT2D eigenvalue weighted by atomic mass is 32.2. The Balaban J connectivity index is 1.62. The Bertz CT molecular complexity index is 825. The van der Waals surface area contributed by atoms with Crippen LogP contribution in [-0.2, 0) is 16.6 Å². The molecule has 0 spiro atoms. The highest BCUT2D eigenvalue weighted by Gasteiger charge is 2.17. The van der Waals surface area contributed by atoms with E-state index in [2.05, 4.69) is 4.72 Å². The third-order valence-corrected chi connectivity index (χ3v) is 6.03. The molecule has 1 saturated heterocycles. The van der Waals surface area contributed by atoms with Crippen LogP contribution in [0.3, 0.4) is 0 Å². The van der Waals surface area contributed by atoms with Gasteiger partial charge in [-0.3, -0.25) is 4.79 Å². The van der Waals surface area contributed by atoms with Crippen molar-refractivity contribution in [2.24, 2.45) is 0 Å². The lowest BCUT2D eigenvalue weighted by atomic mass is 10.1. The Labute approximate surface area is 155 Å². The van der Waals surface area contributed by atoms with Crippen LogP contribution < -0.4 is 4.72 Å². The van der Waals surface area contributed by atoms with Gasteiger partial charge in [0, 0.05) is 25.2 Å². The second kappa shape index (κ2) is 8.47. The normalized spacial score (nSPS) is 15.5. The molecule has 0 radical (unpaired) electrons. The number of carbonyl (C=O) groups is 1. The molecule has 0 unspecified atom stereocenters. The van der Waals surface area contributed by atoms with E-state index in [0.717, 1.165) is 31.5 Å². The first-order valence-corrected chi connectivity index (χ1v) is 10.5. The molecule has 1 heterocycles. The number of carbonyl (C=O) groups excluding carboxylic acids is 1. The van der Waals surface area contributed by atoms with Gasteiger partial charge in [0.2, 0.25) is 10.0 Å². The van der Waals surface area contributed by atoms with Gasteiger partial charge in [-0.05, 0) is 42.7 Å². The van der Waals surface area contributed by atoms with E-state index in [0.29, 0.717) is 5.56 Å². The van der Waals surface area contributed by atoms with Gasteiger partial charge in [-0.2, -0.15) is 0 Å². The second-order valence-corrected chi connectivity index (χ2v) is 8.31. The summed E-state index contributed by atoms with van der Waals surface area (Å²) in [5.41, 5.74) is 1.47. The Morgan fingerprint density at radius 1 is 0.885 bits per heavy atom. The van der Waals surface area contributed by atoms with Crippen LogP contribution in [0.1, 0.15) is 41.6 Å². The number of hydrogen-bond donors (Lipinski definition) is 1. The van der Waals surface area contributed by atoms with Crippen molar-refractivity contribution in [2.45, 2.75) is 37.1 Å². The number of benzene rings is 2. The highest BCUT2D eigenvalue weighted by Crippen LogP contribution is 2.15. The van der Waals surface area contributed by atoms with E-state index in [-0.39, 0.29) is 17.3 Å². The van der Waals surface area contributed by atoms with Crippen LogP contribution in [0.5, 0.6) is 0 Å². The number of likely N-dealkylation sites (tertiary alicyclic amines) is 1. The molecule has 5 nitrogen and oxygen atoms in total. The molecule has 2 aromatic carbocycles. The van der Waals surface area contributed by atoms with Crippen LogP contribution in [0.15, 0.2) is 59.5 Å². The summed E-state index contributed by atoms with van der Waals surface area (Å²) < 4.78 is 27.1. The molecular weight excluding hydrogens is 348 g/mol. The van der Waals surface area contributed by atoms with Crippen molar-refractivity contribution in [3.8, 4) is 0 Å². The van der Waals surface area contributed by atoms with Crippen molar-refractivity contribution < 1.29 is 13.2 Å². The number of nitrogens with one attached hydrogen (secondary N) is 1. The lowest BCUT2D eigenvalue weighted by molar-refractivity contribution is 0.0761. The van der Waals surface area contributed by atoms with Gasteiger partial charge in [0.05, 0.1) is 4.90 Å². The van der Waals surface area contributed by atoms with Gasteiger partial charge >= 0.3 is 0 Å². The summed E-state index contributed by atoms with van der Waals surface area (Å²) in [6.45, 7) is 1.82. The molecule has 0 aliphatic carbocycles. The molecular formula is C20H24N2O3S. The summed E-state index contributed by atoms with van der Waals surface area (Å²) in [6.07, 6.45) is 4.49. The quantitative estimate of drug-likeness (QED) is 0.877. The van der Waals surface area contributed by atoms with Crippen molar-refractivity contribution in [1.82, 2.24) is 9.62 Å². The SMILES string of the molecule is O=C(c1ccc(CNS(=O)(=O)c2ccccc2)cc1)N1CCCCCC1. The van der Waals surface area contributed by atoms with Crippen molar-refractivity contribution in [3.63, 3.8) is 0 Å². The van der Waals surface area contributed by atoms with Crippen LogP contribution in [0.4, 0.5) is 0 Å². The highest BCUT2D eigenvalue weighted by molar-refractivity contribution is 7.89. The van der Waals surface area contributed by atoms with Crippen molar-refractivity contribution in [3.05, 3.63) is 65.7 Å². The van der Waals surface area contributed by atoms with Crippen molar-refractivity contribution in [1.29, 1.82) is 0 Å². The van der Waals surface area contributed by atoms with Crippen LogP contribution in [-0.4, -0.2) is 32.3 Å². The van der Waals surface area contributed by atoms with E-state index in [1.54, 1.807) is 54.6 Å². The van der Waals surface area contributed by atoms with E-state index in [9.17, 15) is 13.2 Å². The van der Waals surface area contributed by atoms with Crippen LogP contribution in [0, 0.1) is 0 Å². The van der Waals surface area contributed by atoms with Gasteiger partial charge < -0.3 is 4.90 Å². The Kier molecular flexibility index (Phi) is 6.06. The molecule has 6 heteroatoms. The number of amides is 1. The maximum atomic E-state index is 12.6. The number of nitrogens with zero attached hydrogens (tertiary/aromatic N) is 1. The molecule has 0 aromatic heterocycles. The fourth-order valence-electron chi connectivity index (χ4n) is 3.08. The second-order valence-electron chi connectivity index (χ2n) is 6.54. The van der Waals surface area contributed by atoms with E-state index < -0.39 is 10.0 Å². The number of sulfonamides is 1. The maximum Gasteiger partial charge on any atom is 0.253 e. The van der Waals surface area contributed by atoms with Crippen molar-refractivity contribution >= 4 is 15.9 Å². The minimum absolute atomic E-state index is 0.0586. The molecule has 0 saturated carbocycles. The van der Waals surface area contributed by atoms with Gasteiger partial charge in [-0.1, -0.05) is 43.2 Å². The molecule has 1 fully saturated rings. The average molecular weight is 372 g/mol. The summed E-state index contributed by atoms with van der Waals surface area (Å²) in [6, 6.07) is 15.4. The largest absolute Gasteiger partial charge is 0.339 e. The summed E-state index contributed by atoms with van der Waals surface area (Å²) in [5, 5.41) is 0. The van der Waals surface area contributed by atoms with Crippen molar-refractivity contribution in [2.75, 3.05) is 13.1 Å². The lowest BCUT2D eigenvalue weighted by Crippen LogP contribution is -2.31. The number of hydrogen-bond acceptors (Lipinski definition) is 3. The van der Waals surface area contributed by atoms with Crippen LogP contribution in [0.2, 0.25) is 0 Å². The standard InChI is InChI=1S/C20H24N2O3S/c23-20(22-14-6-1-2-7-15-22)18-12-10-17(11-13-18)16-21-26(24,25)19-8-4-3-5-9-19/h3-5,8-13,21H,1-2,6-7,14-16H2. The van der Waals surface area contributed by atoms with Crippen LogP contribution in [0.25, 0.3) is 0 Å². The fraction of sp³-hybridized carbons (Fsp3) is 0.350. The van der Waals surface area contributed by atoms with Gasteiger partial charge in [0.15, 0.2) is 0 Å². The van der Waals surface area contributed by atoms with Gasteiger partial charge in [-0.25, -0.2) is 13.1 Å². The summed E-state index contributed by atoms with van der Waals surface area (Å²) in [5.74, 6) is 0.0586. The molecule has 26 heavy (non-hydrogen) atoms. The Hall–Kier alpha value is -2.18. The molecule has 1 aliphatic heterocycles. The first-order valence-electron chi connectivity index (χ1n) is 8.99. The first kappa shape index (κ1) is 18.6. The zero-order valence-corrected chi connectivity index (χ0v) is 15.5. The molecule has 2 aromatic rings. The molecule has 0 bridgehead atoms. The molecule has 138 valence electrons. The van der Waals surface area contributed by atoms with Crippen LogP contribution >= 0.6 is 0 Å². The average Bonchev–Trinajstić information content (AvgIpc) is 2.96. The zero-order chi connectivity index (χ0) is 18.4. The summed E-state index contributed by atoms with van der Waals surface area (Å²) >= 11 is 0. The predicted molar refractivity (Wildman–Crippen MR) is 101 cm³/mol. The monoisotopic (exact) mass is 372 g/mol. The molecule has 3 rings (SSSR count). The third kappa shape index (κ3) is 4.71. The molecule has 1 aliphatic rings. The smallest absolute Gasteiger partial charge is 0.253 e. The minimum atomic E-state index is -3.53. The Morgan fingerprint density at radius 2 is 1.50 bits per heavy atom. The maximum absolute atomic E-state index is 12.6. The summed E-state index contributed by atoms with van der Waals surface area (Å²) in [4.78, 5) is 14.7. The molecule has 1 amide bonds. The van der Waals surface area contributed by atoms with E-state index in [4.69, 9.17) is 0 Å². The number of rotatable bonds is 5. The fourth-order valence-corrected chi connectivity index (χ4v) is 4.12.